The topological polar surface area (TPSA) is 850 Å². The number of benzene rings is 1. The lowest BCUT2D eigenvalue weighted by molar-refractivity contribution is -0.142. The number of aliphatic carboxylic acids is 3. The summed E-state index contributed by atoms with van der Waals surface area (Å²) in [4.78, 5) is 254. The van der Waals surface area contributed by atoms with E-state index in [1.165, 1.54) is 52.0 Å². The molecule has 0 aliphatic rings. The number of carbonyl (C=O) groups excluding carboxylic acids is 16. The molecule has 1 aromatic carbocycles. The second kappa shape index (κ2) is 57.1. The van der Waals surface area contributed by atoms with Gasteiger partial charge in [-0.25, -0.2) is 0 Å². The Hall–Kier alpha value is -12.3. The number of aliphatic hydroxyl groups is 2. The summed E-state index contributed by atoms with van der Waals surface area (Å²) in [6, 6.07) is -19.3. The fourth-order valence-corrected chi connectivity index (χ4v) is 11.3. The number of carbonyl (C=O) groups is 19. The third-order valence-corrected chi connectivity index (χ3v) is 18.3. The van der Waals surface area contributed by atoms with Gasteiger partial charge in [-0.2, -0.15) is 37.9 Å². The van der Waals surface area contributed by atoms with Crippen molar-refractivity contribution < 1.29 is 122 Å². The van der Waals surface area contributed by atoms with Crippen molar-refractivity contribution >= 4 is 168 Å². The number of nitrogens with two attached hydrogens (primary N) is 4. The van der Waals surface area contributed by atoms with E-state index in [4.69, 9.17) is 44.3 Å². The van der Waals surface area contributed by atoms with E-state index in [-0.39, 0.29) is 81.0 Å². The molecule has 36 N–H and O–H groups in total. The van der Waals surface area contributed by atoms with Crippen molar-refractivity contribution in [3.8, 4) is 5.75 Å². The maximum Gasteiger partial charge on any atom is 0.322 e. The first-order chi connectivity index (χ1) is 57.7. The second-order valence-corrected chi connectivity index (χ2v) is 28.9. The molecule has 0 aromatic heterocycles. The number of amides is 16. The summed E-state index contributed by atoms with van der Waals surface area (Å²) in [5, 5.41) is 126. The number of thiol groups is 3. The Morgan fingerprint density at radius 1 is 0.358 bits per heavy atom. The summed E-state index contributed by atoms with van der Waals surface area (Å²) in [7, 11) is 0. The first-order valence-electron chi connectivity index (χ1n) is 38.0. The largest absolute Gasteiger partial charge is 0.508 e. The van der Waals surface area contributed by atoms with Gasteiger partial charge in [0.25, 0.3) is 0 Å². The van der Waals surface area contributed by atoms with E-state index in [2.05, 4.69) is 139 Å². The monoisotopic (exact) mass is 1800 g/mol. The number of hydrogen-bond donors (Lipinski definition) is 35. The molecule has 0 aliphatic heterocycles. The van der Waals surface area contributed by atoms with E-state index in [1.807, 2.05) is 0 Å². The normalized spacial score (nSPS) is 14.5. The van der Waals surface area contributed by atoms with Crippen LogP contribution >= 0.6 is 37.9 Å². The van der Waals surface area contributed by atoms with Crippen LogP contribution in [0.3, 0.4) is 0 Å². The standard InChI is InChI=1S/C69H114N26O25S3/c1-30(2)51(95-59(113)39(16-17-48(100)101)87-60(114)40(21-34-12-14-35(98)15-13-34)88-58(112)38(11-8-20-79-69(75)76)86-63(117)43(26-97)91-65(119)45(28-122)92-52(106)31(3)70)66(120)89-41(22-49(102)103)61(115)94-46(29-123)64(118)85-36(9-6-18-77-67(71)72)55(109)80-23-47(99)84-37(10-7-19-78-68(73)74)57(111)82-32(4)53(107)90-42(25-96)62(116)83-33(5)54(108)93-44(27-121)56(110)81-24-50(104)105/h12-15,30-33,36-46,51,96-98,121-123H,6-11,16-29,70H2,1-5H3,(H,80,109)(H,81,110)(H,82,111)(H,83,116)(H,84,99)(H,85,118)(H,86,117)(H,87,114)(H,88,112)(H,89,120)(H,90,107)(H,91,119)(H,92,106)(H,93,108)(H,94,115)(H,95,113)(H,100,101)(H,102,103)(H,104,105)(H4,71,72,77)(H4,73,74,78)(H4,75,76,79)/t31-,32+,33-,36-,37-,38-,39-,40-,41-,42-,43-,44-,45-,46-,51-/m0/s1. The lowest BCUT2D eigenvalue weighted by Gasteiger charge is -2.29. The lowest BCUT2D eigenvalue weighted by atomic mass is 10.0. The molecule has 16 amide bonds. The molecule has 0 spiro atoms. The van der Waals surface area contributed by atoms with E-state index in [0.717, 1.165) is 6.92 Å². The third kappa shape index (κ3) is 43.2. The minimum atomic E-state index is -2.10. The number of aromatic hydroxyl groups is 1. The predicted molar refractivity (Wildman–Crippen MR) is 445 cm³/mol. The van der Waals surface area contributed by atoms with Crippen LogP contribution in [-0.2, 0) is 97.5 Å². The molecule has 1 rings (SSSR count). The number of phenols is 1. The van der Waals surface area contributed by atoms with Gasteiger partial charge in [-0.1, -0.05) is 26.0 Å². The van der Waals surface area contributed by atoms with Crippen LogP contribution in [0.2, 0.25) is 0 Å². The first kappa shape index (κ1) is 109. The summed E-state index contributed by atoms with van der Waals surface area (Å²) in [6.45, 7) is 2.38. The Balaban J connectivity index is 3.58. The van der Waals surface area contributed by atoms with Crippen LogP contribution < -0.4 is 124 Å². The smallest absolute Gasteiger partial charge is 0.322 e. The average molecular weight is 1800 g/mol. The Morgan fingerprint density at radius 3 is 1.11 bits per heavy atom. The number of guanidine groups is 3. The Morgan fingerprint density at radius 2 is 0.683 bits per heavy atom. The minimum absolute atomic E-state index is 0.0156. The molecule has 0 unspecified atom stereocenters. The van der Waals surface area contributed by atoms with Crippen LogP contribution in [0.4, 0.5) is 0 Å². The fourth-order valence-electron chi connectivity index (χ4n) is 10.5. The highest BCUT2D eigenvalue weighted by atomic mass is 32.1. The van der Waals surface area contributed by atoms with E-state index < -0.39 is 285 Å². The molecule has 0 saturated carbocycles. The summed E-state index contributed by atoms with van der Waals surface area (Å²) in [5.74, 6) is -26.0. The number of aliphatic hydroxyl groups excluding tert-OH is 2. The lowest BCUT2D eigenvalue weighted by Crippen LogP contribution is -2.62. The average Bonchev–Trinajstić information content (AvgIpc) is 0.849. The zero-order valence-electron chi connectivity index (χ0n) is 67.8. The van der Waals surface area contributed by atoms with Gasteiger partial charge in [-0.05, 0) is 89.3 Å². The third-order valence-electron chi connectivity index (χ3n) is 17.3. The Labute approximate surface area is 721 Å². The van der Waals surface area contributed by atoms with Gasteiger partial charge in [0.15, 0.2) is 17.9 Å². The van der Waals surface area contributed by atoms with Crippen molar-refractivity contribution in [2.24, 2.45) is 28.9 Å². The molecule has 54 heteroatoms. The summed E-state index contributed by atoms with van der Waals surface area (Å²) >= 11 is 12.2. The van der Waals surface area contributed by atoms with Gasteiger partial charge in [0.05, 0.1) is 32.2 Å². The number of rotatable bonds is 58. The van der Waals surface area contributed by atoms with Crippen molar-refractivity contribution in [2.45, 2.75) is 189 Å². The first-order valence-corrected chi connectivity index (χ1v) is 39.9. The molecule has 0 heterocycles. The highest BCUT2D eigenvalue weighted by Gasteiger charge is 2.39. The highest BCUT2D eigenvalue weighted by molar-refractivity contribution is 7.80. The summed E-state index contributed by atoms with van der Waals surface area (Å²) in [5.41, 5.74) is 22.1. The van der Waals surface area contributed by atoms with Crippen LogP contribution in [0.25, 0.3) is 0 Å². The number of carboxylic acid groups (broad SMARTS) is 3. The van der Waals surface area contributed by atoms with Gasteiger partial charge in [0.2, 0.25) is 94.5 Å². The fraction of sp³-hybridized carbons (Fsp3) is 0.594. The number of nitrogens with one attached hydrogen (secondary N) is 22. The Bertz CT molecular complexity index is 3870. The van der Waals surface area contributed by atoms with E-state index in [9.17, 15) is 117 Å². The van der Waals surface area contributed by atoms with Gasteiger partial charge in [0, 0.05) is 49.7 Å². The van der Waals surface area contributed by atoms with Crippen LogP contribution in [0, 0.1) is 22.1 Å². The molecule has 123 heavy (non-hydrogen) atoms. The number of phenolic OH excluding ortho intramolecular Hbond substituents is 1. The van der Waals surface area contributed by atoms with Crippen molar-refractivity contribution in [3.05, 3.63) is 29.8 Å². The maximum atomic E-state index is 14.6. The van der Waals surface area contributed by atoms with Gasteiger partial charge < -0.3 is 155 Å². The van der Waals surface area contributed by atoms with E-state index in [0.29, 0.717) is 0 Å². The van der Waals surface area contributed by atoms with Crippen LogP contribution in [0.15, 0.2) is 24.3 Å². The molecule has 0 aliphatic carbocycles. The molecule has 1 aromatic rings. The molecule has 0 radical (unpaired) electrons. The summed E-state index contributed by atoms with van der Waals surface area (Å²) < 4.78 is 0. The van der Waals surface area contributed by atoms with Crippen molar-refractivity contribution in [3.63, 3.8) is 0 Å². The van der Waals surface area contributed by atoms with Gasteiger partial charge in [-0.3, -0.25) is 107 Å². The van der Waals surface area contributed by atoms with Gasteiger partial charge in [-0.15, -0.1) is 0 Å². The minimum Gasteiger partial charge on any atom is -0.508 e. The zero-order valence-corrected chi connectivity index (χ0v) is 70.5. The zero-order chi connectivity index (χ0) is 93.5. The van der Waals surface area contributed by atoms with Crippen LogP contribution in [0.5, 0.6) is 5.75 Å². The van der Waals surface area contributed by atoms with Crippen molar-refractivity contribution in [1.29, 1.82) is 16.2 Å². The maximum absolute atomic E-state index is 14.6. The van der Waals surface area contributed by atoms with E-state index >= 15 is 0 Å². The van der Waals surface area contributed by atoms with Crippen molar-refractivity contribution in [1.82, 2.24) is 101 Å². The second-order valence-electron chi connectivity index (χ2n) is 27.8. The molecule has 15 atom stereocenters. The molecule has 0 bridgehead atoms. The van der Waals surface area contributed by atoms with Gasteiger partial charge in [0.1, 0.15) is 96.9 Å². The number of hydrogen-bond acceptors (Lipinski definition) is 29. The van der Waals surface area contributed by atoms with Crippen LogP contribution in [-0.4, -0.2) is 315 Å². The molecule has 688 valence electrons. The quantitative estimate of drug-likeness (QED) is 0.0125. The molecular weight excluding hydrogens is 1690 g/mol. The SMILES string of the molecule is CC(C)[C@H](NC(=O)[C@H](CCC(=O)O)NC(=O)[C@H](Cc1ccc(O)cc1)NC(=O)[C@H](CCCNC(=N)N)NC(=O)[C@H](CO)NC(=O)[C@H](CS)NC(=O)[C@H](C)N)C(=O)N[C@@H](CC(=O)O)C(=O)N[C@@H](CS)C(=O)N[C@@H](CCCNC(=N)N)C(=O)NCC(=O)N[C@@H](CCCNC(=N)N)C(=O)N[C@H](C)C(=O)N[C@@H](CO)C(=O)N[C@@H](C)C(=O)N[C@@H](CS)C(=O)NCC(=O)O. The van der Waals surface area contributed by atoms with Gasteiger partial charge >= 0.3 is 17.9 Å². The number of carboxylic acids is 3. The molecule has 51 nitrogen and oxygen atoms in total. The predicted octanol–water partition coefficient (Wildman–Crippen LogP) is -13.0. The molecular formula is C69H114N26O25S3. The highest BCUT2D eigenvalue weighted by Crippen LogP contribution is 2.15. The molecule has 0 fully saturated rings. The van der Waals surface area contributed by atoms with Crippen LogP contribution in [0.1, 0.15) is 98.0 Å². The summed E-state index contributed by atoms with van der Waals surface area (Å²) in [6.07, 6.45) is -4.13. The van der Waals surface area contributed by atoms with E-state index in [1.54, 1.807) is 0 Å². The van der Waals surface area contributed by atoms with Crippen molar-refractivity contribution in [2.75, 3.05) is 63.2 Å². The Kier molecular flexibility index (Phi) is 50.4. The molecule has 0 saturated heterocycles.